The van der Waals surface area contributed by atoms with Crippen LogP contribution in [0.15, 0.2) is 18.2 Å². The lowest BCUT2D eigenvalue weighted by Crippen LogP contribution is -2.31. The Morgan fingerprint density at radius 2 is 1.94 bits per heavy atom. The number of nitrogens with zero attached hydrogens (tertiary/aromatic N) is 5. The van der Waals surface area contributed by atoms with Crippen LogP contribution in [0.4, 0.5) is 19.0 Å². The Morgan fingerprint density at radius 1 is 1.19 bits per heavy atom. The minimum absolute atomic E-state index is 0.118. The highest BCUT2D eigenvalue weighted by Gasteiger charge is 2.48. The molecule has 2 aliphatic rings. The van der Waals surface area contributed by atoms with Crippen molar-refractivity contribution in [2.45, 2.75) is 59.4 Å². The van der Waals surface area contributed by atoms with E-state index in [1.165, 1.54) is 13.0 Å². The molecule has 3 heterocycles. The van der Waals surface area contributed by atoms with Gasteiger partial charge in [-0.1, -0.05) is 19.1 Å². The SMILES string of the molecule is Cc1c(CNc2nc3nnc(C)n3c3c2CN(C(=O)C2(C)CC2)C3)cccc1C(F)(F)F. The summed E-state index contributed by atoms with van der Waals surface area (Å²) in [5, 5.41) is 11.4. The first kappa shape index (κ1) is 20.7. The van der Waals surface area contributed by atoms with Crippen molar-refractivity contribution in [2.24, 2.45) is 5.41 Å². The Kier molecular flexibility index (Phi) is 4.48. The second-order valence-electron chi connectivity index (χ2n) is 8.93. The van der Waals surface area contributed by atoms with E-state index >= 15 is 0 Å². The molecular weight excluding hydrogens is 421 g/mol. The molecule has 0 unspecified atom stereocenters. The van der Waals surface area contributed by atoms with Gasteiger partial charge in [-0.25, -0.2) is 0 Å². The average Bonchev–Trinajstić information content (AvgIpc) is 3.17. The van der Waals surface area contributed by atoms with Crippen LogP contribution in [-0.2, 0) is 30.6 Å². The molecule has 168 valence electrons. The molecular formula is C22H23F3N6O. The zero-order chi connectivity index (χ0) is 22.8. The summed E-state index contributed by atoms with van der Waals surface area (Å²) in [5.74, 6) is 1.72. The normalized spacial score (nSPS) is 17.0. The highest BCUT2D eigenvalue weighted by Crippen LogP contribution is 2.48. The molecule has 2 aromatic heterocycles. The predicted octanol–water partition coefficient (Wildman–Crippen LogP) is 4.01. The Bertz CT molecular complexity index is 1240. The second-order valence-corrected chi connectivity index (χ2v) is 8.93. The molecule has 0 atom stereocenters. The molecule has 0 bridgehead atoms. The molecule has 1 aliphatic carbocycles. The molecule has 7 nitrogen and oxygen atoms in total. The smallest absolute Gasteiger partial charge is 0.366 e. The first-order valence-electron chi connectivity index (χ1n) is 10.5. The first-order chi connectivity index (χ1) is 15.1. The summed E-state index contributed by atoms with van der Waals surface area (Å²) in [6, 6.07) is 4.16. The number of fused-ring (bicyclic) bond motifs is 3. The Labute approximate surface area is 182 Å². The lowest BCUT2D eigenvalue weighted by atomic mass is 10.0. The van der Waals surface area contributed by atoms with Crippen molar-refractivity contribution in [1.29, 1.82) is 0 Å². The van der Waals surface area contributed by atoms with E-state index in [9.17, 15) is 18.0 Å². The number of amides is 1. The van der Waals surface area contributed by atoms with Crippen molar-refractivity contribution in [3.05, 3.63) is 52.0 Å². The zero-order valence-electron chi connectivity index (χ0n) is 18.0. The average molecular weight is 444 g/mol. The molecule has 1 N–H and O–H groups in total. The number of anilines is 1. The number of benzene rings is 1. The molecule has 0 radical (unpaired) electrons. The summed E-state index contributed by atoms with van der Waals surface area (Å²) >= 11 is 0. The first-order valence-corrected chi connectivity index (χ1v) is 10.5. The van der Waals surface area contributed by atoms with E-state index in [0.29, 0.717) is 36.1 Å². The third-order valence-corrected chi connectivity index (χ3v) is 6.61. The predicted molar refractivity (Wildman–Crippen MR) is 111 cm³/mol. The number of aromatic nitrogens is 4. The number of halogens is 3. The van der Waals surface area contributed by atoms with Crippen molar-refractivity contribution in [3.8, 4) is 0 Å². The summed E-state index contributed by atoms with van der Waals surface area (Å²) in [6.45, 7) is 6.27. The molecule has 1 aromatic carbocycles. The third kappa shape index (κ3) is 3.28. The number of rotatable bonds is 4. The molecule has 32 heavy (non-hydrogen) atoms. The van der Waals surface area contributed by atoms with Gasteiger partial charge in [0.25, 0.3) is 5.78 Å². The number of aryl methyl sites for hydroxylation is 1. The number of alkyl halides is 3. The van der Waals surface area contributed by atoms with Crippen LogP contribution in [0.5, 0.6) is 0 Å². The van der Waals surface area contributed by atoms with Gasteiger partial charge >= 0.3 is 6.18 Å². The van der Waals surface area contributed by atoms with Crippen molar-refractivity contribution in [3.63, 3.8) is 0 Å². The minimum Gasteiger partial charge on any atom is -0.366 e. The van der Waals surface area contributed by atoms with Gasteiger partial charge in [0, 0.05) is 17.5 Å². The fraction of sp³-hybridized carbons (Fsp3) is 0.455. The number of carbonyl (C=O) groups excluding carboxylic acids is 1. The van der Waals surface area contributed by atoms with Gasteiger partial charge in [-0.2, -0.15) is 18.2 Å². The Hall–Kier alpha value is -3.17. The van der Waals surface area contributed by atoms with Gasteiger partial charge in [0.05, 0.1) is 24.3 Å². The van der Waals surface area contributed by atoms with Crippen LogP contribution in [0.2, 0.25) is 0 Å². The summed E-state index contributed by atoms with van der Waals surface area (Å²) in [4.78, 5) is 19.4. The molecule has 1 aliphatic heterocycles. The second kappa shape index (κ2) is 6.91. The van der Waals surface area contributed by atoms with Gasteiger partial charge < -0.3 is 10.2 Å². The largest absolute Gasteiger partial charge is 0.416 e. The van der Waals surface area contributed by atoms with E-state index < -0.39 is 11.7 Å². The van der Waals surface area contributed by atoms with Gasteiger partial charge in [0.1, 0.15) is 11.6 Å². The maximum atomic E-state index is 13.3. The van der Waals surface area contributed by atoms with Crippen molar-refractivity contribution in [2.75, 3.05) is 5.32 Å². The van der Waals surface area contributed by atoms with E-state index in [2.05, 4.69) is 20.5 Å². The summed E-state index contributed by atoms with van der Waals surface area (Å²) in [7, 11) is 0. The van der Waals surface area contributed by atoms with Crippen LogP contribution < -0.4 is 5.32 Å². The zero-order valence-corrected chi connectivity index (χ0v) is 18.0. The molecule has 3 aromatic rings. The van der Waals surface area contributed by atoms with E-state index in [-0.39, 0.29) is 23.4 Å². The van der Waals surface area contributed by atoms with E-state index in [0.717, 1.165) is 30.2 Å². The van der Waals surface area contributed by atoms with E-state index in [1.54, 1.807) is 6.07 Å². The Balaban J connectivity index is 1.48. The number of nitrogens with one attached hydrogen (secondary N) is 1. The topological polar surface area (TPSA) is 75.4 Å². The molecule has 0 saturated heterocycles. The fourth-order valence-corrected chi connectivity index (χ4v) is 4.37. The monoisotopic (exact) mass is 444 g/mol. The maximum Gasteiger partial charge on any atom is 0.416 e. The van der Waals surface area contributed by atoms with Crippen LogP contribution in [0.25, 0.3) is 5.78 Å². The minimum atomic E-state index is -4.41. The molecule has 1 saturated carbocycles. The number of carbonyl (C=O) groups is 1. The lowest BCUT2D eigenvalue weighted by molar-refractivity contribution is -0.138. The van der Waals surface area contributed by atoms with Gasteiger partial charge in [-0.05, 0) is 43.9 Å². The number of hydrogen-bond donors (Lipinski definition) is 1. The summed E-state index contributed by atoms with van der Waals surface area (Å²) in [6.07, 6.45) is -2.63. The van der Waals surface area contributed by atoms with Gasteiger partial charge in [-0.15, -0.1) is 10.2 Å². The van der Waals surface area contributed by atoms with Gasteiger partial charge in [0.15, 0.2) is 0 Å². The highest BCUT2D eigenvalue weighted by molar-refractivity contribution is 5.85. The lowest BCUT2D eigenvalue weighted by Gasteiger charge is -2.19. The summed E-state index contributed by atoms with van der Waals surface area (Å²) < 4.78 is 41.7. The molecule has 1 fully saturated rings. The quantitative estimate of drug-likeness (QED) is 0.658. The van der Waals surface area contributed by atoms with Crippen molar-refractivity contribution >= 4 is 17.5 Å². The summed E-state index contributed by atoms with van der Waals surface area (Å²) in [5.41, 5.74) is 1.51. The fourth-order valence-electron chi connectivity index (χ4n) is 4.37. The molecule has 1 amide bonds. The molecule has 5 rings (SSSR count). The van der Waals surface area contributed by atoms with Gasteiger partial charge in [0.2, 0.25) is 5.91 Å². The van der Waals surface area contributed by atoms with E-state index in [1.807, 2.05) is 23.1 Å². The van der Waals surface area contributed by atoms with Crippen LogP contribution in [0.3, 0.4) is 0 Å². The van der Waals surface area contributed by atoms with E-state index in [4.69, 9.17) is 0 Å². The highest BCUT2D eigenvalue weighted by atomic mass is 19.4. The Morgan fingerprint density at radius 3 is 2.62 bits per heavy atom. The van der Waals surface area contributed by atoms with Crippen LogP contribution in [0.1, 0.15) is 53.5 Å². The number of hydrogen-bond acceptors (Lipinski definition) is 5. The van der Waals surface area contributed by atoms with Crippen molar-refractivity contribution in [1.82, 2.24) is 24.5 Å². The maximum absolute atomic E-state index is 13.3. The van der Waals surface area contributed by atoms with Crippen LogP contribution in [-0.4, -0.2) is 30.4 Å². The van der Waals surface area contributed by atoms with Crippen LogP contribution in [0, 0.1) is 19.3 Å². The van der Waals surface area contributed by atoms with Gasteiger partial charge in [-0.3, -0.25) is 9.20 Å². The molecule has 0 spiro atoms. The van der Waals surface area contributed by atoms with Crippen LogP contribution >= 0.6 is 0 Å². The van der Waals surface area contributed by atoms with Crippen molar-refractivity contribution < 1.29 is 18.0 Å². The molecule has 10 heteroatoms. The third-order valence-electron chi connectivity index (χ3n) is 6.61. The standard InChI is InChI=1S/C22H23F3N6O/c1-12-14(5-4-6-16(12)22(23,24)25)9-26-18-15-10-30(19(32)21(3)7-8-21)11-17(15)31-13(2)28-29-20(31)27-18/h4-6H,7-11H2,1-3H3,(H,26,27,29).